The number of carboxylic acid groups (broad SMARTS) is 1. The van der Waals surface area contributed by atoms with E-state index in [-0.39, 0.29) is 23.7 Å². The summed E-state index contributed by atoms with van der Waals surface area (Å²) in [6, 6.07) is 8.64. The highest BCUT2D eigenvalue weighted by molar-refractivity contribution is 5.91. The fourth-order valence-corrected chi connectivity index (χ4v) is 1.80. The molecule has 0 saturated carbocycles. The summed E-state index contributed by atoms with van der Waals surface area (Å²) in [7, 11) is 1.38. The van der Waals surface area contributed by atoms with E-state index < -0.39 is 11.8 Å². The predicted molar refractivity (Wildman–Crippen MR) is 75.1 cm³/mol. The molecule has 0 atom stereocenters. The molecule has 0 amide bonds. The van der Waals surface area contributed by atoms with Crippen LogP contribution in [0.3, 0.4) is 0 Å². The number of hydrogen-bond acceptors (Lipinski definition) is 4. The first-order valence-corrected chi connectivity index (χ1v) is 6.09. The van der Waals surface area contributed by atoms with Crippen molar-refractivity contribution in [3.8, 4) is 11.5 Å². The van der Waals surface area contributed by atoms with E-state index in [0.29, 0.717) is 11.3 Å². The van der Waals surface area contributed by atoms with Gasteiger partial charge in [0.05, 0.1) is 7.11 Å². The largest absolute Gasteiger partial charge is 0.494 e. The summed E-state index contributed by atoms with van der Waals surface area (Å²) in [6.07, 6.45) is 0. The topological polar surface area (TPSA) is 81.8 Å². The minimum atomic E-state index is -1.12. The molecule has 6 heteroatoms. The van der Waals surface area contributed by atoms with E-state index in [1.165, 1.54) is 37.4 Å². The van der Waals surface area contributed by atoms with E-state index in [0.717, 1.165) is 0 Å². The lowest BCUT2D eigenvalue weighted by Gasteiger charge is -2.11. The van der Waals surface area contributed by atoms with Crippen LogP contribution < -0.4 is 15.2 Å². The number of hydrogen-bond donors (Lipinski definition) is 2. The van der Waals surface area contributed by atoms with Crippen LogP contribution in [-0.4, -0.2) is 18.2 Å². The molecule has 0 spiro atoms. The van der Waals surface area contributed by atoms with Gasteiger partial charge >= 0.3 is 5.97 Å². The molecular weight excluding hydrogens is 277 g/mol. The van der Waals surface area contributed by atoms with Crippen molar-refractivity contribution in [3.63, 3.8) is 0 Å². The standard InChI is InChI=1S/C15H14FNO4/c1-20-13-5-2-9(6-12(13)16)8-21-14-7-10(17)3-4-11(14)15(18)19/h2-7H,8,17H2,1H3,(H,18,19). The van der Waals surface area contributed by atoms with Crippen molar-refractivity contribution in [1.82, 2.24) is 0 Å². The molecule has 5 nitrogen and oxygen atoms in total. The lowest BCUT2D eigenvalue weighted by Crippen LogP contribution is -2.04. The van der Waals surface area contributed by atoms with E-state index in [1.54, 1.807) is 6.07 Å². The van der Waals surface area contributed by atoms with Crippen LogP contribution in [0, 0.1) is 5.82 Å². The fraction of sp³-hybridized carbons (Fsp3) is 0.133. The van der Waals surface area contributed by atoms with Gasteiger partial charge in [-0.25, -0.2) is 9.18 Å². The Labute approximate surface area is 120 Å². The van der Waals surface area contributed by atoms with Gasteiger partial charge in [-0.15, -0.1) is 0 Å². The van der Waals surface area contributed by atoms with Crippen LogP contribution in [0.25, 0.3) is 0 Å². The van der Waals surface area contributed by atoms with E-state index >= 15 is 0 Å². The smallest absolute Gasteiger partial charge is 0.339 e. The maximum Gasteiger partial charge on any atom is 0.339 e. The first-order chi connectivity index (χ1) is 10.0. The normalized spacial score (nSPS) is 10.2. The number of nitrogen functional groups attached to an aromatic ring is 1. The molecule has 0 aromatic heterocycles. The molecule has 2 rings (SSSR count). The zero-order valence-electron chi connectivity index (χ0n) is 11.3. The Balaban J connectivity index is 2.18. The number of carbonyl (C=O) groups is 1. The van der Waals surface area contributed by atoms with Gasteiger partial charge in [0.2, 0.25) is 0 Å². The summed E-state index contributed by atoms with van der Waals surface area (Å²) in [4.78, 5) is 11.1. The summed E-state index contributed by atoms with van der Waals surface area (Å²) in [6.45, 7) is 0.0185. The lowest BCUT2D eigenvalue weighted by molar-refractivity contribution is 0.0692. The van der Waals surface area contributed by atoms with Gasteiger partial charge in [-0.1, -0.05) is 6.07 Å². The van der Waals surface area contributed by atoms with Crippen molar-refractivity contribution in [2.24, 2.45) is 0 Å². The second-order valence-electron chi connectivity index (χ2n) is 4.32. The molecule has 0 unspecified atom stereocenters. The Morgan fingerprint density at radius 1 is 1.24 bits per heavy atom. The summed E-state index contributed by atoms with van der Waals surface area (Å²) >= 11 is 0. The summed E-state index contributed by atoms with van der Waals surface area (Å²) in [5.41, 5.74) is 6.54. The number of rotatable bonds is 5. The predicted octanol–water partition coefficient (Wildman–Crippen LogP) is 2.69. The van der Waals surface area contributed by atoms with Crippen LogP contribution in [0.2, 0.25) is 0 Å². The molecule has 110 valence electrons. The minimum Gasteiger partial charge on any atom is -0.494 e. The number of ether oxygens (including phenoxy) is 2. The van der Waals surface area contributed by atoms with Crippen LogP contribution in [-0.2, 0) is 6.61 Å². The van der Waals surface area contributed by atoms with Gasteiger partial charge in [-0.2, -0.15) is 0 Å². The van der Waals surface area contributed by atoms with Crippen LogP contribution in [0.5, 0.6) is 11.5 Å². The number of carboxylic acids is 1. The van der Waals surface area contributed by atoms with Crippen molar-refractivity contribution in [2.45, 2.75) is 6.61 Å². The average molecular weight is 291 g/mol. The quantitative estimate of drug-likeness (QED) is 0.828. The van der Waals surface area contributed by atoms with Crippen molar-refractivity contribution in [1.29, 1.82) is 0 Å². The number of anilines is 1. The second kappa shape index (κ2) is 6.13. The maximum atomic E-state index is 13.6. The zero-order valence-corrected chi connectivity index (χ0v) is 11.3. The molecule has 2 aromatic rings. The Morgan fingerprint density at radius 2 is 2.00 bits per heavy atom. The molecule has 3 N–H and O–H groups in total. The van der Waals surface area contributed by atoms with E-state index in [9.17, 15) is 9.18 Å². The number of methoxy groups -OCH3 is 1. The van der Waals surface area contributed by atoms with Crippen molar-refractivity contribution in [3.05, 3.63) is 53.3 Å². The highest BCUT2D eigenvalue weighted by Crippen LogP contribution is 2.24. The van der Waals surface area contributed by atoms with Gasteiger partial charge in [-0.3, -0.25) is 0 Å². The molecule has 0 bridgehead atoms. The van der Waals surface area contributed by atoms with Crippen molar-refractivity contribution < 1.29 is 23.8 Å². The maximum absolute atomic E-state index is 13.6. The van der Waals surface area contributed by atoms with Crippen LogP contribution in [0.15, 0.2) is 36.4 Å². The van der Waals surface area contributed by atoms with E-state index in [4.69, 9.17) is 20.3 Å². The monoisotopic (exact) mass is 291 g/mol. The molecule has 21 heavy (non-hydrogen) atoms. The fourth-order valence-electron chi connectivity index (χ4n) is 1.80. The van der Waals surface area contributed by atoms with Crippen molar-refractivity contribution >= 4 is 11.7 Å². The number of benzene rings is 2. The first-order valence-electron chi connectivity index (χ1n) is 6.09. The molecule has 0 aliphatic carbocycles. The van der Waals surface area contributed by atoms with Gasteiger partial charge < -0.3 is 20.3 Å². The highest BCUT2D eigenvalue weighted by atomic mass is 19.1. The van der Waals surface area contributed by atoms with Crippen LogP contribution >= 0.6 is 0 Å². The minimum absolute atomic E-state index is 0.00168. The van der Waals surface area contributed by atoms with E-state index in [1.807, 2.05) is 0 Å². The molecular formula is C15H14FNO4. The third-order valence-electron chi connectivity index (χ3n) is 2.85. The summed E-state index contributed by atoms with van der Waals surface area (Å²) in [5, 5.41) is 9.07. The van der Waals surface area contributed by atoms with Gasteiger partial charge in [0.15, 0.2) is 11.6 Å². The zero-order chi connectivity index (χ0) is 15.4. The molecule has 0 aliphatic heterocycles. The third kappa shape index (κ3) is 3.42. The molecule has 0 heterocycles. The van der Waals surface area contributed by atoms with Crippen LogP contribution in [0.4, 0.5) is 10.1 Å². The third-order valence-corrected chi connectivity index (χ3v) is 2.85. The Kier molecular flexibility index (Phi) is 4.27. The second-order valence-corrected chi connectivity index (χ2v) is 4.32. The molecule has 2 aromatic carbocycles. The van der Waals surface area contributed by atoms with E-state index in [2.05, 4.69) is 0 Å². The van der Waals surface area contributed by atoms with Gasteiger partial charge in [0.1, 0.15) is 17.9 Å². The molecule has 0 aliphatic rings. The summed E-state index contributed by atoms with van der Waals surface area (Å²) < 4.78 is 23.8. The van der Waals surface area contributed by atoms with Gasteiger partial charge in [0, 0.05) is 11.8 Å². The lowest BCUT2D eigenvalue weighted by atomic mass is 10.2. The van der Waals surface area contributed by atoms with Crippen molar-refractivity contribution in [2.75, 3.05) is 12.8 Å². The van der Waals surface area contributed by atoms with Gasteiger partial charge in [-0.05, 0) is 29.8 Å². The molecule has 0 saturated heterocycles. The van der Waals surface area contributed by atoms with Gasteiger partial charge in [0.25, 0.3) is 0 Å². The SMILES string of the molecule is COc1ccc(COc2cc(N)ccc2C(=O)O)cc1F. The Bertz CT molecular complexity index is 673. The number of halogens is 1. The first kappa shape index (κ1) is 14.6. The molecule has 0 radical (unpaired) electrons. The number of aromatic carboxylic acids is 1. The average Bonchev–Trinajstić information content (AvgIpc) is 2.45. The van der Waals surface area contributed by atoms with Crippen LogP contribution in [0.1, 0.15) is 15.9 Å². The Hall–Kier alpha value is -2.76. The number of nitrogens with two attached hydrogens (primary N) is 1. The summed E-state index contributed by atoms with van der Waals surface area (Å²) in [5.74, 6) is -1.36. The molecule has 0 fully saturated rings. The highest BCUT2D eigenvalue weighted by Gasteiger charge is 2.12. The Morgan fingerprint density at radius 3 is 2.62 bits per heavy atom.